The van der Waals surface area contributed by atoms with Crippen LogP contribution in [0.3, 0.4) is 0 Å². The summed E-state index contributed by atoms with van der Waals surface area (Å²) in [6.07, 6.45) is 0. The molecule has 140 valence electrons. The van der Waals surface area contributed by atoms with E-state index in [-0.39, 0.29) is 5.91 Å². The van der Waals surface area contributed by atoms with Gasteiger partial charge in [-0.05, 0) is 36.6 Å². The first-order valence-corrected chi connectivity index (χ1v) is 9.27. The SMILES string of the molecule is CC(=O)Nc1cc2nc(C)n(Cc3ccc(-c4ccccc4)cc3)c2nc1C. The van der Waals surface area contributed by atoms with Gasteiger partial charge in [-0.25, -0.2) is 9.97 Å². The van der Waals surface area contributed by atoms with Crippen LogP contribution in [0.5, 0.6) is 0 Å². The Morgan fingerprint density at radius 3 is 2.32 bits per heavy atom. The molecular weight excluding hydrogens is 348 g/mol. The predicted octanol–water partition coefficient (Wildman–Crippen LogP) is 4.72. The van der Waals surface area contributed by atoms with Crippen LogP contribution in [0, 0.1) is 13.8 Å². The minimum Gasteiger partial charge on any atom is -0.325 e. The van der Waals surface area contributed by atoms with Crippen molar-refractivity contribution in [2.75, 3.05) is 5.32 Å². The number of fused-ring (bicyclic) bond motifs is 1. The van der Waals surface area contributed by atoms with Crippen LogP contribution in [0.15, 0.2) is 60.7 Å². The lowest BCUT2D eigenvalue weighted by Crippen LogP contribution is -2.09. The van der Waals surface area contributed by atoms with Gasteiger partial charge in [0, 0.05) is 6.92 Å². The number of aromatic nitrogens is 3. The maximum Gasteiger partial charge on any atom is 0.221 e. The Labute approximate surface area is 164 Å². The van der Waals surface area contributed by atoms with E-state index in [1.807, 2.05) is 38.1 Å². The third kappa shape index (κ3) is 3.51. The van der Waals surface area contributed by atoms with Gasteiger partial charge in [0.25, 0.3) is 0 Å². The quantitative estimate of drug-likeness (QED) is 0.565. The number of rotatable bonds is 4. The zero-order valence-corrected chi connectivity index (χ0v) is 16.2. The third-order valence-electron chi connectivity index (χ3n) is 4.81. The minimum absolute atomic E-state index is 0.112. The predicted molar refractivity (Wildman–Crippen MR) is 112 cm³/mol. The molecule has 4 rings (SSSR count). The molecule has 0 atom stereocenters. The van der Waals surface area contributed by atoms with Crippen molar-refractivity contribution in [2.45, 2.75) is 27.3 Å². The van der Waals surface area contributed by atoms with Gasteiger partial charge in [0.05, 0.1) is 17.9 Å². The molecule has 5 nitrogen and oxygen atoms in total. The molecule has 0 bridgehead atoms. The summed E-state index contributed by atoms with van der Waals surface area (Å²) >= 11 is 0. The second kappa shape index (κ2) is 7.27. The average Bonchev–Trinajstić information content (AvgIpc) is 2.97. The summed E-state index contributed by atoms with van der Waals surface area (Å²) in [6, 6.07) is 20.8. The average molecular weight is 370 g/mol. The number of benzene rings is 2. The highest BCUT2D eigenvalue weighted by Crippen LogP contribution is 2.24. The van der Waals surface area contributed by atoms with E-state index in [4.69, 9.17) is 4.98 Å². The maximum absolute atomic E-state index is 11.4. The zero-order chi connectivity index (χ0) is 19.7. The van der Waals surface area contributed by atoms with Crippen LogP contribution in [0.4, 0.5) is 5.69 Å². The van der Waals surface area contributed by atoms with E-state index < -0.39 is 0 Å². The Bertz CT molecular complexity index is 1140. The number of hydrogen-bond donors (Lipinski definition) is 1. The van der Waals surface area contributed by atoms with Crippen LogP contribution in [0.2, 0.25) is 0 Å². The summed E-state index contributed by atoms with van der Waals surface area (Å²) in [6.45, 7) is 6.06. The van der Waals surface area contributed by atoms with Crippen molar-refractivity contribution in [3.05, 3.63) is 77.7 Å². The van der Waals surface area contributed by atoms with E-state index in [1.54, 1.807) is 0 Å². The first kappa shape index (κ1) is 17.9. The lowest BCUT2D eigenvalue weighted by molar-refractivity contribution is -0.114. The van der Waals surface area contributed by atoms with Crippen LogP contribution < -0.4 is 5.32 Å². The minimum atomic E-state index is -0.112. The molecule has 0 aliphatic rings. The van der Waals surface area contributed by atoms with Gasteiger partial charge < -0.3 is 9.88 Å². The molecule has 0 saturated heterocycles. The Balaban J connectivity index is 1.65. The molecule has 28 heavy (non-hydrogen) atoms. The highest BCUT2D eigenvalue weighted by atomic mass is 16.1. The van der Waals surface area contributed by atoms with Crippen molar-refractivity contribution in [1.82, 2.24) is 14.5 Å². The number of pyridine rings is 1. The Hall–Kier alpha value is -3.47. The van der Waals surface area contributed by atoms with E-state index >= 15 is 0 Å². The third-order valence-corrected chi connectivity index (χ3v) is 4.81. The topological polar surface area (TPSA) is 59.8 Å². The number of hydrogen-bond acceptors (Lipinski definition) is 3. The molecule has 5 heteroatoms. The molecule has 0 aliphatic heterocycles. The van der Waals surface area contributed by atoms with Crippen molar-refractivity contribution in [1.29, 1.82) is 0 Å². The van der Waals surface area contributed by atoms with E-state index in [1.165, 1.54) is 23.6 Å². The number of amides is 1. The van der Waals surface area contributed by atoms with Gasteiger partial charge in [-0.1, -0.05) is 54.6 Å². The summed E-state index contributed by atoms with van der Waals surface area (Å²) in [5, 5.41) is 2.81. The lowest BCUT2D eigenvalue weighted by Gasteiger charge is -2.10. The van der Waals surface area contributed by atoms with Crippen molar-refractivity contribution in [3.8, 4) is 11.1 Å². The van der Waals surface area contributed by atoms with E-state index in [2.05, 4.69) is 51.3 Å². The van der Waals surface area contributed by atoms with Gasteiger partial charge in [0.1, 0.15) is 11.3 Å². The van der Waals surface area contributed by atoms with Gasteiger partial charge in [-0.2, -0.15) is 0 Å². The number of nitrogens with one attached hydrogen (secondary N) is 1. The van der Waals surface area contributed by atoms with Crippen molar-refractivity contribution < 1.29 is 4.79 Å². The van der Waals surface area contributed by atoms with Crippen molar-refractivity contribution >= 4 is 22.8 Å². The second-order valence-corrected chi connectivity index (χ2v) is 6.95. The van der Waals surface area contributed by atoms with Crippen LogP contribution in [0.1, 0.15) is 24.0 Å². The Morgan fingerprint density at radius 1 is 0.964 bits per heavy atom. The standard InChI is InChI=1S/C23H22N4O/c1-15-21(26-17(3)28)13-22-23(24-15)27(16(2)25-22)14-18-9-11-20(12-10-18)19-7-5-4-6-8-19/h4-13H,14H2,1-3H3,(H,26,28). The fourth-order valence-corrected chi connectivity index (χ4v) is 3.37. The molecule has 0 fully saturated rings. The number of carbonyl (C=O) groups excluding carboxylic acids is 1. The molecule has 1 amide bonds. The van der Waals surface area contributed by atoms with Crippen LogP contribution >= 0.6 is 0 Å². The number of anilines is 1. The van der Waals surface area contributed by atoms with Crippen LogP contribution in [-0.2, 0) is 11.3 Å². The smallest absolute Gasteiger partial charge is 0.221 e. The van der Waals surface area contributed by atoms with Gasteiger partial charge in [0.2, 0.25) is 5.91 Å². The van der Waals surface area contributed by atoms with Crippen molar-refractivity contribution in [3.63, 3.8) is 0 Å². The fourth-order valence-electron chi connectivity index (χ4n) is 3.37. The van der Waals surface area contributed by atoms with Crippen LogP contribution in [0.25, 0.3) is 22.3 Å². The number of carbonyl (C=O) groups is 1. The summed E-state index contributed by atoms with van der Waals surface area (Å²) in [5.74, 6) is 0.785. The van der Waals surface area contributed by atoms with Gasteiger partial charge >= 0.3 is 0 Å². The molecule has 0 aliphatic carbocycles. The van der Waals surface area contributed by atoms with E-state index in [9.17, 15) is 4.79 Å². The fraction of sp³-hybridized carbons (Fsp3) is 0.174. The summed E-state index contributed by atoms with van der Waals surface area (Å²) in [4.78, 5) is 20.7. The Morgan fingerprint density at radius 2 is 1.64 bits per heavy atom. The summed E-state index contributed by atoms with van der Waals surface area (Å²) < 4.78 is 2.11. The van der Waals surface area contributed by atoms with Gasteiger partial charge in [-0.15, -0.1) is 0 Å². The molecule has 2 aromatic heterocycles. The normalized spacial score (nSPS) is 11.0. The molecule has 1 N–H and O–H groups in total. The van der Waals surface area contributed by atoms with Gasteiger partial charge in [0.15, 0.2) is 5.65 Å². The molecule has 0 unspecified atom stereocenters. The van der Waals surface area contributed by atoms with Gasteiger partial charge in [-0.3, -0.25) is 4.79 Å². The first-order chi connectivity index (χ1) is 13.5. The number of imidazole rings is 1. The Kier molecular flexibility index (Phi) is 4.65. The van der Waals surface area contributed by atoms with E-state index in [0.717, 1.165) is 22.7 Å². The highest BCUT2D eigenvalue weighted by molar-refractivity contribution is 5.91. The largest absolute Gasteiger partial charge is 0.325 e. The maximum atomic E-state index is 11.4. The second-order valence-electron chi connectivity index (χ2n) is 6.95. The van der Waals surface area contributed by atoms with Crippen molar-refractivity contribution in [2.24, 2.45) is 0 Å². The monoisotopic (exact) mass is 370 g/mol. The molecular formula is C23H22N4O. The van der Waals surface area contributed by atoms with E-state index in [0.29, 0.717) is 12.2 Å². The zero-order valence-electron chi connectivity index (χ0n) is 16.2. The molecule has 2 heterocycles. The molecule has 4 aromatic rings. The number of aryl methyl sites for hydroxylation is 2. The number of nitrogens with zero attached hydrogens (tertiary/aromatic N) is 3. The highest BCUT2D eigenvalue weighted by Gasteiger charge is 2.13. The molecule has 0 saturated carbocycles. The molecule has 0 radical (unpaired) electrons. The molecule has 2 aromatic carbocycles. The lowest BCUT2D eigenvalue weighted by atomic mass is 10.0. The first-order valence-electron chi connectivity index (χ1n) is 9.27. The van der Waals surface area contributed by atoms with Crippen LogP contribution in [-0.4, -0.2) is 20.4 Å². The molecule has 0 spiro atoms. The summed E-state index contributed by atoms with van der Waals surface area (Å²) in [5.41, 5.74) is 6.70. The summed E-state index contributed by atoms with van der Waals surface area (Å²) in [7, 11) is 0.